The molecule has 1 atom stereocenters. The average molecular weight is 588 g/mol. The van der Waals surface area contributed by atoms with Crippen LogP contribution < -0.4 is 15.5 Å². The summed E-state index contributed by atoms with van der Waals surface area (Å²) in [4.78, 5) is 30.1. The smallest absolute Gasteiger partial charge is 0.369 e. The summed E-state index contributed by atoms with van der Waals surface area (Å²) in [6.45, 7) is 6.01. The molecule has 1 saturated heterocycles. The summed E-state index contributed by atoms with van der Waals surface area (Å²) in [5.74, 6) is -0.894. The number of piperazine rings is 1. The molecular formula is C28H35F6N5O2. The minimum atomic E-state index is -5.01. The van der Waals surface area contributed by atoms with Crippen molar-refractivity contribution in [2.45, 2.75) is 38.2 Å². The highest BCUT2D eigenvalue weighted by Gasteiger charge is 2.37. The van der Waals surface area contributed by atoms with E-state index in [4.69, 9.17) is 0 Å². The highest BCUT2D eigenvalue weighted by Crippen LogP contribution is 2.36. The van der Waals surface area contributed by atoms with Crippen LogP contribution in [-0.2, 0) is 12.4 Å². The monoisotopic (exact) mass is 587 g/mol. The van der Waals surface area contributed by atoms with E-state index in [-0.39, 0.29) is 24.7 Å². The molecule has 0 radical (unpaired) electrons. The van der Waals surface area contributed by atoms with Crippen molar-refractivity contribution in [3.63, 3.8) is 0 Å². The van der Waals surface area contributed by atoms with Crippen LogP contribution in [0.25, 0.3) is 0 Å². The minimum Gasteiger partial charge on any atom is -0.369 e. The number of carbonyl (C=O) groups excluding carboxylic acids is 2. The van der Waals surface area contributed by atoms with Crippen LogP contribution in [0.1, 0.15) is 52.9 Å². The number of hydrogen-bond acceptors (Lipinski definition) is 4. The summed E-state index contributed by atoms with van der Waals surface area (Å²) in [5.41, 5.74) is -1.60. The molecule has 0 bridgehead atoms. The van der Waals surface area contributed by atoms with Gasteiger partial charge in [-0.05, 0) is 56.1 Å². The largest absolute Gasteiger partial charge is 0.416 e. The van der Waals surface area contributed by atoms with Crippen LogP contribution in [0.4, 0.5) is 36.8 Å². The summed E-state index contributed by atoms with van der Waals surface area (Å²) in [7, 11) is 2.93. The normalized spacial score (nSPS) is 15.4. The molecular weight excluding hydrogens is 552 g/mol. The maximum absolute atomic E-state index is 13.1. The molecule has 0 aromatic heterocycles. The third kappa shape index (κ3) is 8.75. The van der Waals surface area contributed by atoms with Crippen molar-refractivity contribution in [1.29, 1.82) is 0 Å². The van der Waals surface area contributed by atoms with Gasteiger partial charge in [0.1, 0.15) is 0 Å². The number of urea groups is 1. The van der Waals surface area contributed by atoms with E-state index in [2.05, 4.69) is 20.4 Å². The SMILES string of the molecule is CNC(=O)NC(C)c1ccccc1N1CCN(CCCCN(C)C(=O)c2cc(C(F)(F)F)cc(C(F)(F)F)c2)CC1. The van der Waals surface area contributed by atoms with Crippen molar-refractivity contribution in [3.05, 3.63) is 64.7 Å². The standard InChI is InChI=1S/C28H35F6N5O2/c1-19(36-26(41)35-2)23-8-4-5-9-24(23)39-14-12-38(13-15-39)11-7-6-10-37(3)25(40)20-16-21(27(29,30)31)18-22(17-20)28(32,33)34/h4-5,8-9,16-19H,6-7,10-15H2,1-3H3,(H2,35,36,41). The lowest BCUT2D eigenvalue weighted by Crippen LogP contribution is -2.47. The quantitative estimate of drug-likeness (QED) is 0.305. The molecule has 41 heavy (non-hydrogen) atoms. The first-order valence-corrected chi connectivity index (χ1v) is 13.3. The van der Waals surface area contributed by atoms with Crippen molar-refractivity contribution in [1.82, 2.24) is 20.4 Å². The molecule has 226 valence electrons. The van der Waals surface area contributed by atoms with E-state index in [1.54, 1.807) is 7.05 Å². The Balaban J connectivity index is 1.50. The van der Waals surface area contributed by atoms with Crippen LogP contribution >= 0.6 is 0 Å². The van der Waals surface area contributed by atoms with Gasteiger partial charge in [-0.1, -0.05) is 18.2 Å². The molecule has 13 heteroatoms. The second-order valence-corrected chi connectivity index (χ2v) is 10.1. The summed E-state index contributed by atoms with van der Waals surface area (Å²) >= 11 is 0. The van der Waals surface area contributed by atoms with E-state index >= 15 is 0 Å². The lowest BCUT2D eigenvalue weighted by molar-refractivity contribution is -0.143. The van der Waals surface area contributed by atoms with Crippen LogP contribution in [0.2, 0.25) is 0 Å². The molecule has 2 aromatic rings. The number of nitrogens with zero attached hydrogens (tertiary/aromatic N) is 3. The van der Waals surface area contributed by atoms with Gasteiger partial charge in [0.2, 0.25) is 0 Å². The number of amides is 3. The Morgan fingerprint density at radius 1 is 0.927 bits per heavy atom. The molecule has 0 aliphatic carbocycles. The van der Waals surface area contributed by atoms with Gasteiger partial charge in [0.25, 0.3) is 5.91 Å². The Morgan fingerprint density at radius 3 is 2.07 bits per heavy atom. The van der Waals surface area contributed by atoms with E-state index < -0.39 is 35.0 Å². The highest BCUT2D eigenvalue weighted by molar-refractivity contribution is 5.94. The summed E-state index contributed by atoms with van der Waals surface area (Å²) in [6, 6.07) is 8.40. The summed E-state index contributed by atoms with van der Waals surface area (Å²) < 4.78 is 78.9. The van der Waals surface area contributed by atoms with Crippen molar-refractivity contribution < 1.29 is 35.9 Å². The van der Waals surface area contributed by atoms with E-state index in [0.717, 1.165) is 48.9 Å². The van der Waals surface area contributed by atoms with Gasteiger partial charge in [-0.15, -0.1) is 0 Å². The molecule has 2 N–H and O–H groups in total. The first-order chi connectivity index (χ1) is 19.2. The van der Waals surface area contributed by atoms with Gasteiger partial charge in [-0.25, -0.2) is 4.79 Å². The van der Waals surface area contributed by atoms with Gasteiger partial charge < -0.3 is 20.4 Å². The molecule has 1 heterocycles. The maximum Gasteiger partial charge on any atom is 0.416 e. The number of benzene rings is 2. The molecule has 0 spiro atoms. The fourth-order valence-electron chi connectivity index (χ4n) is 4.79. The van der Waals surface area contributed by atoms with E-state index in [0.29, 0.717) is 25.0 Å². The van der Waals surface area contributed by atoms with Crippen LogP contribution in [-0.4, -0.2) is 75.1 Å². The van der Waals surface area contributed by atoms with Crippen molar-refractivity contribution >= 4 is 17.6 Å². The zero-order valence-electron chi connectivity index (χ0n) is 23.2. The number of rotatable bonds is 9. The average Bonchev–Trinajstić information content (AvgIpc) is 2.93. The Morgan fingerprint density at radius 2 is 1.51 bits per heavy atom. The van der Waals surface area contributed by atoms with Gasteiger partial charge in [0, 0.05) is 58.1 Å². The number of hydrogen-bond donors (Lipinski definition) is 2. The molecule has 1 fully saturated rings. The Bertz CT molecular complexity index is 1160. The number of halogens is 6. The zero-order valence-corrected chi connectivity index (χ0v) is 23.2. The maximum atomic E-state index is 13.1. The third-order valence-corrected chi connectivity index (χ3v) is 7.09. The van der Waals surface area contributed by atoms with Crippen molar-refractivity contribution in [2.24, 2.45) is 0 Å². The first-order valence-electron chi connectivity index (χ1n) is 13.3. The van der Waals surface area contributed by atoms with Crippen LogP contribution in [0.15, 0.2) is 42.5 Å². The fourth-order valence-corrected chi connectivity index (χ4v) is 4.79. The first kappa shape index (κ1) is 32.0. The van der Waals surface area contributed by atoms with Gasteiger partial charge in [0.15, 0.2) is 0 Å². The Hall–Kier alpha value is -3.48. The molecule has 1 aliphatic heterocycles. The topological polar surface area (TPSA) is 67.9 Å². The van der Waals surface area contributed by atoms with Gasteiger partial charge in [0.05, 0.1) is 17.2 Å². The molecule has 3 rings (SSSR count). The Labute approximate surface area is 235 Å². The number of para-hydroxylation sites is 1. The number of alkyl halides is 6. The number of nitrogens with one attached hydrogen (secondary N) is 2. The molecule has 1 aliphatic rings. The molecule has 1 unspecified atom stereocenters. The molecule has 7 nitrogen and oxygen atoms in total. The van der Waals surface area contributed by atoms with E-state index in [9.17, 15) is 35.9 Å². The number of carbonyl (C=O) groups is 2. The van der Waals surface area contributed by atoms with Crippen LogP contribution in [0.3, 0.4) is 0 Å². The molecule has 2 aromatic carbocycles. The molecule has 0 saturated carbocycles. The lowest BCUT2D eigenvalue weighted by Gasteiger charge is -2.37. The zero-order chi connectivity index (χ0) is 30.4. The van der Waals surface area contributed by atoms with Gasteiger partial charge >= 0.3 is 18.4 Å². The highest BCUT2D eigenvalue weighted by atomic mass is 19.4. The van der Waals surface area contributed by atoms with E-state index in [1.165, 1.54) is 7.05 Å². The summed E-state index contributed by atoms with van der Waals surface area (Å²) in [5, 5.41) is 5.46. The third-order valence-electron chi connectivity index (χ3n) is 7.09. The van der Waals surface area contributed by atoms with Crippen molar-refractivity contribution in [3.8, 4) is 0 Å². The lowest BCUT2D eigenvalue weighted by atomic mass is 10.0. The number of anilines is 1. The van der Waals surface area contributed by atoms with Crippen LogP contribution in [0, 0.1) is 0 Å². The predicted octanol–water partition coefficient (Wildman–Crippen LogP) is 5.39. The second kappa shape index (κ2) is 13.5. The van der Waals surface area contributed by atoms with E-state index in [1.807, 2.05) is 31.2 Å². The predicted molar refractivity (Wildman–Crippen MR) is 144 cm³/mol. The summed E-state index contributed by atoms with van der Waals surface area (Å²) in [6.07, 6.45) is -8.78. The van der Waals surface area contributed by atoms with Crippen molar-refractivity contribution in [2.75, 3.05) is 58.3 Å². The molecule has 3 amide bonds. The Kier molecular flexibility index (Phi) is 10.5. The number of unbranched alkanes of at least 4 members (excludes halogenated alkanes) is 1. The minimum absolute atomic E-state index is 0.0114. The second-order valence-electron chi connectivity index (χ2n) is 10.1. The fraction of sp³-hybridized carbons (Fsp3) is 0.500. The van der Waals surface area contributed by atoms with Gasteiger partial charge in [-0.2, -0.15) is 26.3 Å². The van der Waals surface area contributed by atoms with Crippen LogP contribution in [0.5, 0.6) is 0 Å². The van der Waals surface area contributed by atoms with Gasteiger partial charge in [-0.3, -0.25) is 9.69 Å².